The van der Waals surface area contributed by atoms with Gasteiger partial charge in [-0.1, -0.05) is 95.3 Å². The van der Waals surface area contributed by atoms with E-state index in [0.717, 1.165) is 119 Å². The van der Waals surface area contributed by atoms with E-state index >= 15 is 0 Å². The van der Waals surface area contributed by atoms with Crippen LogP contribution in [0.25, 0.3) is 5.57 Å². The monoisotopic (exact) mass is 1570 g/mol. The zero-order valence-electron chi connectivity index (χ0n) is 63.5. The Morgan fingerprint density at radius 2 is 0.867 bits per heavy atom. The van der Waals surface area contributed by atoms with Crippen molar-refractivity contribution in [2.24, 2.45) is 0 Å². The maximum Gasteiger partial charge on any atom is 0.336 e. The Morgan fingerprint density at radius 1 is 0.442 bits per heavy atom. The second-order valence-electron chi connectivity index (χ2n) is 28.7. The van der Waals surface area contributed by atoms with Gasteiger partial charge in [0.2, 0.25) is 5.88 Å². The van der Waals surface area contributed by atoms with Gasteiger partial charge in [-0.2, -0.15) is 0 Å². The number of carboxylic acid groups (broad SMARTS) is 4. The number of pyridine rings is 5. The van der Waals surface area contributed by atoms with Crippen molar-refractivity contribution in [2.75, 3.05) is 26.4 Å². The van der Waals surface area contributed by atoms with Crippen LogP contribution in [-0.4, -0.2) is 95.7 Å². The number of aromatic nitrogens is 5. The Labute approximate surface area is 670 Å². The molecule has 4 N–H and O–H groups in total. The number of carboxylic acids is 4. The van der Waals surface area contributed by atoms with E-state index in [4.69, 9.17) is 23.7 Å². The van der Waals surface area contributed by atoms with Gasteiger partial charge in [0.1, 0.15) is 28.7 Å². The molecule has 0 saturated carbocycles. The second-order valence-corrected chi connectivity index (χ2v) is 32.5. The molecule has 578 valence electrons. The van der Waals surface area contributed by atoms with E-state index in [2.05, 4.69) is 131 Å². The van der Waals surface area contributed by atoms with Gasteiger partial charge < -0.3 is 44.1 Å². The third-order valence-electron chi connectivity index (χ3n) is 20.9. The van der Waals surface area contributed by atoms with Gasteiger partial charge in [0.25, 0.3) is 0 Å². The first-order valence-electron chi connectivity index (χ1n) is 38.1. The van der Waals surface area contributed by atoms with E-state index in [1.165, 1.54) is 82.6 Å². The number of nitrogens with zero attached hydrogens (tertiary/aromatic N) is 5. The van der Waals surface area contributed by atoms with Gasteiger partial charge in [-0.25, -0.2) is 24.2 Å². The molecular formula is C92H89N5O13S3. The molecule has 11 aromatic rings. The van der Waals surface area contributed by atoms with Gasteiger partial charge in [-0.15, -0.1) is 11.3 Å². The molecular weight excluding hydrogens is 1480 g/mol. The highest BCUT2D eigenvalue weighted by atomic mass is 32.2. The SMILES string of the molecule is CC1=CC(c2ccc3c(c2)OCCC3CCc2cnccc2C(=O)O)=C(C)C1.Cc1ccc(Sc2ccc3c(c2)OCCC3CCc2cnccc2C(=O)O)s1.Cc1cccc(Oc2ccc3c(c2)OCCC3CCc2cnccc2C(=O)O)n1.O=C(O)c1ccncc1CCC1CCOc2cc(Sc3ccccc3)ccc21. The summed E-state index contributed by atoms with van der Waals surface area (Å²) in [7, 11) is 0. The molecule has 0 spiro atoms. The van der Waals surface area contributed by atoms with E-state index in [1.807, 2.05) is 61.5 Å². The maximum atomic E-state index is 11.4. The second kappa shape index (κ2) is 38.2. The van der Waals surface area contributed by atoms with Gasteiger partial charge in [-0.05, 0) is 281 Å². The molecule has 0 radical (unpaired) electrons. The molecule has 10 heterocycles. The van der Waals surface area contributed by atoms with Gasteiger partial charge in [-0.3, -0.25) is 19.9 Å². The van der Waals surface area contributed by atoms with Crippen LogP contribution in [0.3, 0.4) is 0 Å². The summed E-state index contributed by atoms with van der Waals surface area (Å²) in [6.45, 7) is 11.1. The van der Waals surface area contributed by atoms with Crippen molar-refractivity contribution in [3.05, 3.63) is 307 Å². The lowest BCUT2D eigenvalue weighted by Crippen LogP contribution is -2.15. The summed E-state index contributed by atoms with van der Waals surface area (Å²) in [5, 5.41) is 37.5. The summed E-state index contributed by atoms with van der Waals surface area (Å²) < 4.78 is 30.9. The molecule has 16 rings (SSSR count). The van der Waals surface area contributed by atoms with Crippen LogP contribution < -0.4 is 23.7 Å². The van der Waals surface area contributed by atoms with Crippen molar-refractivity contribution in [2.45, 2.75) is 154 Å². The number of thiophene rings is 1. The number of ether oxygens (including phenoxy) is 5. The van der Waals surface area contributed by atoms with E-state index < -0.39 is 23.9 Å². The molecule has 5 aromatic carbocycles. The summed E-state index contributed by atoms with van der Waals surface area (Å²) in [5.74, 6) is 2.73. The molecule has 18 nitrogen and oxygen atoms in total. The van der Waals surface area contributed by atoms with Crippen molar-refractivity contribution >= 4 is 64.3 Å². The van der Waals surface area contributed by atoms with Crippen LogP contribution in [0.1, 0.15) is 197 Å². The number of benzene rings is 5. The lowest BCUT2D eigenvalue weighted by atomic mass is 9.86. The summed E-state index contributed by atoms with van der Waals surface area (Å²) in [6, 6.07) is 51.8. The number of allylic oxidation sites excluding steroid dienone is 4. The number of aromatic carboxylic acids is 4. The number of carbonyl (C=O) groups is 4. The molecule has 0 amide bonds. The quantitative estimate of drug-likeness (QED) is 0.0464. The first-order chi connectivity index (χ1) is 54.9. The van der Waals surface area contributed by atoms with Gasteiger partial charge in [0.05, 0.1) is 52.9 Å². The fourth-order valence-corrected chi connectivity index (χ4v) is 18.2. The summed E-state index contributed by atoms with van der Waals surface area (Å²) >= 11 is 5.28. The van der Waals surface area contributed by atoms with Crippen molar-refractivity contribution in [3.8, 4) is 34.6 Å². The number of rotatable bonds is 23. The molecule has 4 unspecified atom stereocenters. The molecule has 1 aliphatic carbocycles. The standard InChI is InChI=1S/C24H25NO3.C23H22N2O4.C23H21NO3S.C22H21NO3S2/c1-15-11-16(2)22(12-15)18-5-6-20-17(8-10-28-23(20)13-18)3-4-19-14-25-9-7-21(19)24(26)27;1-15-3-2-4-22(25-15)29-18-7-8-19-16(10-12-28-21(19)13-18)5-6-17-14-24-11-9-20(17)23(26)27;25-23(26)21-10-12-24-15-17(21)7-6-16-11-13-27-22-14-19(8-9-20(16)22)28-18-4-2-1-3-5-18;1-14-2-7-21(27-14)28-17-5-6-18-15(9-11-26-20(18)12-17)3-4-16-13-23-10-8-19(16)22(24)25/h5-7,9,12-14,17H,3-4,8,10-11H2,1-2H3,(H,26,27);2-4,7-9,11,13-14,16H,5-6,10,12H2,1H3,(H,26,27);1-5,8-10,12,14-16H,6-7,11,13H2,(H,25,26);2,5-8,10,12-13,15H,3-4,9,11H2,1H3,(H,24,25). The van der Waals surface area contributed by atoms with Crippen LogP contribution in [0.2, 0.25) is 0 Å². The topological polar surface area (TPSA) is 260 Å². The minimum atomic E-state index is -0.915. The smallest absolute Gasteiger partial charge is 0.336 e. The lowest BCUT2D eigenvalue weighted by molar-refractivity contribution is 0.0684. The van der Waals surface area contributed by atoms with Crippen LogP contribution in [0.4, 0.5) is 0 Å². The Morgan fingerprint density at radius 3 is 1.28 bits per heavy atom. The van der Waals surface area contributed by atoms with Crippen LogP contribution in [0, 0.1) is 13.8 Å². The summed E-state index contributed by atoms with van der Waals surface area (Å²) in [5.41, 5.74) is 15.5. The fraction of sp³-hybridized carbons (Fsp3) is 0.272. The minimum absolute atomic E-state index is 0.298. The highest BCUT2D eigenvalue weighted by molar-refractivity contribution is 8.01. The normalized spacial score (nSPS) is 16.2. The third-order valence-corrected chi connectivity index (χ3v) is 24.0. The predicted molar refractivity (Wildman–Crippen MR) is 439 cm³/mol. The van der Waals surface area contributed by atoms with Crippen LogP contribution in [0.15, 0.2) is 243 Å². The number of aryl methyl sites for hydroxylation is 6. The minimum Gasteiger partial charge on any atom is -0.493 e. The van der Waals surface area contributed by atoms with Crippen molar-refractivity contribution in [1.29, 1.82) is 0 Å². The highest BCUT2D eigenvalue weighted by Crippen LogP contribution is 2.46. The number of hydrogen-bond acceptors (Lipinski definition) is 17. The third kappa shape index (κ3) is 21.0. The Kier molecular flexibility index (Phi) is 27.0. The lowest BCUT2D eigenvalue weighted by Gasteiger charge is -2.27. The largest absolute Gasteiger partial charge is 0.493 e. The molecule has 4 aliphatic heterocycles. The number of fused-ring (bicyclic) bond motifs is 4. The molecule has 113 heavy (non-hydrogen) atoms. The molecule has 6 aromatic heterocycles. The Balaban J connectivity index is 0.000000132. The Bertz CT molecular complexity index is 5300. The van der Waals surface area contributed by atoms with Crippen LogP contribution >= 0.6 is 34.9 Å². The Hall–Kier alpha value is -11.4. The zero-order valence-corrected chi connectivity index (χ0v) is 65.9. The van der Waals surface area contributed by atoms with Gasteiger partial charge in [0, 0.05) is 87.0 Å². The fourth-order valence-electron chi connectivity index (χ4n) is 15.2. The molecule has 21 heteroatoms. The van der Waals surface area contributed by atoms with Gasteiger partial charge >= 0.3 is 23.9 Å². The van der Waals surface area contributed by atoms with E-state index in [9.17, 15) is 39.6 Å². The van der Waals surface area contributed by atoms with E-state index in [-0.39, 0.29) is 0 Å². The predicted octanol–water partition coefficient (Wildman–Crippen LogP) is 21.4. The highest BCUT2D eigenvalue weighted by Gasteiger charge is 2.29. The molecule has 4 atom stereocenters. The van der Waals surface area contributed by atoms with E-state index in [0.29, 0.717) is 110 Å². The summed E-state index contributed by atoms with van der Waals surface area (Å²) in [4.78, 5) is 71.3. The van der Waals surface area contributed by atoms with Crippen LogP contribution in [-0.2, 0) is 25.7 Å². The van der Waals surface area contributed by atoms with E-state index in [1.54, 1.807) is 83.9 Å². The average Bonchev–Trinajstić information content (AvgIpc) is 1.76. The zero-order chi connectivity index (χ0) is 78.7. The number of hydrogen-bond donors (Lipinski definition) is 4. The maximum absolute atomic E-state index is 11.4. The van der Waals surface area contributed by atoms with Crippen molar-refractivity contribution in [1.82, 2.24) is 24.9 Å². The van der Waals surface area contributed by atoms with Crippen molar-refractivity contribution < 1.29 is 63.3 Å². The van der Waals surface area contributed by atoms with Crippen molar-refractivity contribution in [3.63, 3.8) is 0 Å². The molecule has 0 fully saturated rings. The molecule has 5 aliphatic rings. The summed E-state index contributed by atoms with van der Waals surface area (Å²) in [6.07, 6.45) is 26.1. The molecule has 0 bridgehead atoms. The first kappa shape index (κ1) is 79.7. The molecule has 0 saturated heterocycles. The van der Waals surface area contributed by atoms with Crippen LogP contribution in [0.5, 0.6) is 34.6 Å². The van der Waals surface area contributed by atoms with Gasteiger partial charge in [0.15, 0.2) is 0 Å². The average molecular weight is 1570 g/mol. The first-order valence-corrected chi connectivity index (χ1v) is 40.6.